The number of halogens is 8. The van der Waals surface area contributed by atoms with E-state index in [1.54, 1.807) is 0 Å². The van der Waals surface area contributed by atoms with Crippen molar-refractivity contribution in [1.29, 1.82) is 0 Å². The molecule has 152 valence electrons. The summed E-state index contributed by atoms with van der Waals surface area (Å²) in [5.74, 6) is 1.39. The SMILES string of the molecule is Brc1cc(Br)c(OCC2(C(Br)(Br)Oc3ccc(Br)c(Br)c3Br)COC2)c(Br)c1. The molecule has 0 unspecified atom stereocenters. The highest BCUT2D eigenvalue weighted by atomic mass is 79.9. The van der Waals surface area contributed by atoms with Gasteiger partial charge in [0.05, 0.1) is 26.6 Å². The van der Waals surface area contributed by atoms with Crippen LogP contribution in [0, 0.1) is 5.41 Å². The Morgan fingerprint density at radius 3 is 2.04 bits per heavy atom. The standard InChI is InChI=1S/C17H10Br8O3/c18-8-3-10(20)15(11(21)4-8)27-7-16(5-26-6-16)17(24,25)28-12-2-1-9(19)13(22)14(12)23/h1-4H,5-7H2. The van der Waals surface area contributed by atoms with Crippen LogP contribution >= 0.6 is 127 Å². The predicted octanol–water partition coefficient (Wildman–Crippen LogP) is 9.18. The van der Waals surface area contributed by atoms with E-state index in [1.165, 1.54) is 0 Å². The van der Waals surface area contributed by atoms with Gasteiger partial charge in [-0.3, -0.25) is 0 Å². The molecule has 0 atom stereocenters. The lowest BCUT2D eigenvalue weighted by Gasteiger charge is -2.48. The van der Waals surface area contributed by atoms with Crippen molar-refractivity contribution in [3.8, 4) is 11.5 Å². The third-order valence-corrected chi connectivity index (χ3v) is 11.0. The summed E-state index contributed by atoms with van der Waals surface area (Å²) in [6.07, 6.45) is 0. The Morgan fingerprint density at radius 1 is 0.893 bits per heavy atom. The molecule has 0 aromatic heterocycles. The summed E-state index contributed by atoms with van der Waals surface area (Å²) in [4.78, 5) is 0. The first-order chi connectivity index (χ1) is 13.1. The Labute approximate surface area is 230 Å². The molecule has 1 aliphatic rings. The van der Waals surface area contributed by atoms with Crippen molar-refractivity contribution < 1.29 is 14.2 Å². The van der Waals surface area contributed by atoms with Crippen LogP contribution in [0.1, 0.15) is 0 Å². The van der Waals surface area contributed by atoms with Crippen molar-refractivity contribution in [2.24, 2.45) is 5.41 Å². The highest BCUT2D eigenvalue weighted by Crippen LogP contribution is 2.52. The lowest BCUT2D eigenvalue weighted by Crippen LogP contribution is -2.59. The molecule has 1 aliphatic heterocycles. The minimum atomic E-state index is -0.893. The Balaban J connectivity index is 1.82. The van der Waals surface area contributed by atoms with Crippen molar-refractivity contribution in [2.45, 2.75) is 3.42 Å². The average molecular weight is 901 g/mol. The zero-order valence-corrected chi connectivity index (χ0v) is 26.4. The van der Waals surface area contributed by atoms with Crippen LogP contribution in [0.3, 0.4) is 0 Å². The fraction of sp³-hybridized carbons (Fsp3) is 0.294. The first-order valence-corrected chi connectivity index (χ1v) is 14.0. The summed E-state index contributed by atoms with van der Waals surface area (Å²) in [7, 11) is 0. The van der Waals surface area contributed by atoms with E-state index in [1.807, 2.05) is 24.3 Å². The molecule has 11 heteroatoms. The van der Waals surface area contributed by atoms with Crippen LogP contribution in [-0.2, 0) is 4.74 Å². The molecular weight excluding hydrogens is 891 g/mol. The largest absolute Gasteiger partial charge is 0.490 e. The van der Waals surface area contributed by atoms with Crippen molar-refractivity contribution in [1.82, 2.24) is 0 Å². The number of alkyl halides is 2. The van der Waals surface area contributed by atoms with Gasteiger partial charge in [-0.2, -0.15) is 0 Å². The molecule has 1 fully saturated rings. The van der Waals surface area contributed by atoms with Gasteiger partial charge in [-0.1, -0.05) is 15.9 Å². The lowest BCUT2D eigenvalue weighted by atomic mass is 9.88. The zero-order valence-electron chi connectivity index (χ0n) is 13.7. The molecule has 0 spiro atoms. The normalized spacial score (nSPS) is 15.9. The molecule has 0 amide bonds. The second kappa shape index (κ2) is 9.77. The second-order valence-electron chi connectivity index (χ2n) is 6.05. The van der Waals surface area contributed by atoms with Crippen molar-refractivity contribution in [3.63, 3.8) is 0 Å². The van der Waals surface area contributed by atoms with Crippen molar-refractivity contribution >= 4 is 127 Å². The van der Waals surface area contributed by atoms with E-state index in [9.17, 15) is 0 Å². The smallest absolute Gasteiger partial charge is 0.231 e. The Bertz CT molecular complexity index is 875. The molecule has 2 aromatic carbocycles. The monoisotopic (exact) mass is 893 g/mol. The Kier molecular flexibility index (Phi) is 8.54. The molecule has 3 nitrogen and oxygen atoms in total. The van der Waals surface area contributed by atoms with E-state index >= 15 is 0 Å². The number of ether oxygens (including phenoxy) is 3. The molecule has 3 rings (SSSR count). The second-order valence-corrected chi connectivity index (χ2v) is 14.4. The number of hydrogen-bond donors (Lipinski definition) is 0. The van der Waals surface area contributed by atoms with E-state index < -0.39 is 8.83 Å². The van der Waals surface area contributed by atoms with Gasteiger partial charge in [0, 0.05) is 13.4 Å². The molecule has 1 heterocycles. The molecule has 2 aromatic rings. The summed E-state index contributed by atoms with van der Waals surface area (Å²) >= 11 is 28.6. The van der Waals surface area contributed by atoms with Crippen LogP contribution in [-0.4, -0.2) is 23.2 Å². The van der Waals surface area contributed by atoms with Gasteiger partial charge in [0.2, 0.25) is 3.42 Å². The molecule has 0 saturated carbocycles. The van der Waals surface area contributed by atoms with Gasteiger partial charge >= 0.3 is 0 Å². The van der Waals surface area contributed by atoms with E-state index in [-0.39, 0.29) is 0 Å². The summed E-state index contributed by atoms with van der Waals surface area (Å²) in [5, 5.41) is 0. The fourth-order valence-electron chi connectivity index (χ4n) is 2.39. The minimum Gasteiger partial charge on any atom is -0.490 e. The van der Waals surface area contributed by atoms with Crippen molar-refractivity contribution in [2.75, 3.05) is 19.8 Å². The lowest BCUT2D eigenvalue weighted by molar-refractivity contribution is -0.163. The Hall–Kier alpha value is 1.84. The quantitative estimate of drug-likeness (QED) is 0.214. The summed E-state index contributed by atoms with van der Waals surface area (Å²) < 4.78 is 22.3. The average Bonchev–Trinajstić information content (AvgIpc) is 2.56. The van der Waals surface area contributed by atoms with E-state index in [0.29, 0.717) is 25.6 Å². The first-order valence-electron chi connectivity index (χ1n) is 7.62. The maximum atomic E-state index is 6.29. The minimum absolute atomic E-state index is 0.373. The van der Waals surface area contributed by atoms with Crippen LogP contribution in [0.15, 0.2) is 51.1 Å². The third-order valence-electron chi connectivity index (χ3n) is 4.07. The van der Waals surface area contributed by atoms with E-state index in [2.05, 4.69) is 127 Å². The van der Waals surface area contributed by atoms with Gasteiger partial charge in [0.25, 0.3) is 0 Å². The van der Waals surface area contributed by atoms with Crippen LogP contribution in [0.4, 0.5) is 0 Å². The summed E-state index contributed by atoms with van der Waals surface area (Å²) in [6, 6.07) is 7.67. The predicted molar refractivity (Wildman–Crippen MR) is 139 cm³/mol. The third kappa shape index (κ3) is 5.08. The molecule has 0 aliphatic carbocycles. The van der Waals surface area contributed by atoms with Crippen LogP contribution in [0.2, 0.25) is 0 Å². The summed E-state index contributed by atoms with van der Waals surface area (Å²) in [5.41, 5.74) is -0.446. The number of hydrogen-bond acceptors (Lipinski definition) is 3. The highest BCUT2D eigenvalue weighted by molar-refractivity contribution is 9.25. The molecule has 1 saturated heterocycles. The highest BCUT2D eigenvalue weighted by Gasteiger charge is 2.57. The van der Waals surface area contributed by atoms with Gasteiger partial charge in [-0.15, -0.1) is 0 Å². The van der Waals surface area contributed by atoms with Crippen molar-refractivity contribution in [3.05, 3.63) is 51.1 Å². The number of benzene rings is 2. The van der Waals surface area contributed by atoms with E-state index in [0.717, 1.165) is 32.6 Å². The zero-order chi connectivity index (χ0) is 20.7. The molecular formula is C17H10Br8O3. The van der Waals surface area contributed by atoms with Crippen LogP contribution < -0.4 is 9.47 Å². The van der Waals surface area contributed by atoms with Gasteiger partial charge < -0.3 is 14.2 Å². The first kappa shape index (κ1) is 24.5. The van der Waals surface area contributed by atoms with Gasteiger partial charge in [-0.25, -0.2) is 0 Å². The van der Waals surface area contributed by atoms with Gasteiger partial charge in [-0.05, 0) is 136 Å². The fourth-order valence-corrected chi connectivity index (χ4v) is 7.27. The maximum absolute atomic E-state index is 6.29. The van der Waals surface area contributed by atoms with Gasteiger partial charge in [0.1, 0.15) is 23.5 Å². The molecule has 0 radical (unpaired) electrons. The topological polar surface area (TPSA) is 27.7 Å². The Morgan fingerprint density at radius 2 is 1.50 bits per heavy atom. The van der Waals surface area contributed by atoms with Crippen LogP contribution in [0.5, 0.6) is 11.5 Å². The molecule has 0 N–H and O–H groups in total. The van der Waals surface area contributed by atoms with Gasteiger partial charge in [0.15, 0.2) is 0 Å². The molecule has 0 bridgehead atoms. The number of rotatable bonds is 6. The maximum Gasteiger partial charge on any atom is 0.231 e. The van der Waals surface area contributed by atoms with Crippen LogP contribution in [0.25, 0.3) is 0 Å². The van der Waals surface area contributed by atoms with E-state index in [4.69, 9.17) is 14.2 Å². The summed E-state index contributed by atoms with van der Waals surface area (Å²) in [6.45, 7) is 1.33. The molecule has 28 heavy (non-hydrogen) atoms.